The molecular formula is C72H138N2O6P+. The molecule has 9 heteroatoms. The Balaban J connectivity index is 3.98. The van der Waals surface area contributed by atoms with E-state index in [1.807, 2.05) is 27.2 Å². The largest absolute Gasteiger partial charge is 0.472 e. The number of unbranched alkanes of at least 4 members (excludes halogenated alkanes) is 44. The number of hydrogen-bond donors (Lipinski definition) is 3. The summed E-state index contributed by atoms with van der Waals surface area (Å²) in [4.78, 5) is 23.4. The number of nitrogens with one attached hydrogen (secondary N) is 1. The Morgan fingerprint density at radius 2 is 0.741 bits per heavy atom. The second-order valence-electron chi connectivity index (χ2n) is 25.2. The third-order valence-electron chi connectivity index (χ3n) is 16.0. The van der Waals surface area contributed by atoms with Gasteiger partial charge in [0.1, 0.15) is 13.2 Å². The zero-order valence-corrected chi connectivity index (χ0v) is 55.4. The van der Waals surface area contributed by atoms with Crippen LogP contribution in [0.25, 0.3) is 0 Å². The number of amides is 1. The maximum atomic E-state index is 13.1. The van der Waals surface area contributed by atoms with Gasteiger partial charge < -0.3 is 19.8 Å². The number of rotatable bonds is 65. The summed E-state index contributed by atoms with van der Waals surface area (Å²) >= 11 is 0. The van der Waals surface area contributed by atoms with Crippen LogP contribution in [-0.2, 0) is 18.4 Å². The Kier molecular flexibility index (Phi) is 61.3. The molecule has 0 aromatic carbocycles. The topological polar surface area (TPSA) is 105 Å². The molecule has 1 amide bonds. The molecule has 0 aliphatic rings. The normalized spacial score (nSPS) is 14.0. The highest BCUT2D eigenvalue weighted by atomic mass is 31.2. The van der Waals surface area contributed by atoms with Gasteiger partial charge >= 0.3 is 7.82 Å². The highest BCUT2D eigenvalue weighted by molar-refractivity contribution is 7.47. The molecule has 0 radical (unpaired) electrons. The lowest BCUT2D eigenvalue weighted by Gasteiger charge is -2.25. The molecule has 0 saturated heterocycles. The predicted molar refractivity (Wildman–Crippen MR) is 355 cm³/mol. The molecule has 0 fully saturated rings. The predicted octanol–water partition coefficient (Wildman–Crippen LogP) is 22.4. The lowest BCUT2D eigenvalue weighted by atomic mass is 10.0. The summed E-state index contributed by atoms with van der Waals surface area (Å²) in [5.41, 5.74) is 0. The number of hydrogen-bond acceptors (Lipinski definition) is 5. The van der Waals surface area contributed by atoms with Crippen LogP contribution >= 0.6 is 7.82 Å². The number of carbonyl (C=O) groups is 1. The molecule has 3 unspecified atom stereocenters. The van der Waals surface area contributed by atoms with Crippen molar-refractivity contribution in [3.05, 3.63) is 60.8 Å². The van der Waals surface area contributed by atoms with E-state index in [9.17, 15) is 19.4 Å². The molecular weight excluding hydrogens is 1020 g/mol. The first-order chi connectivity index (χ1) is 39.5. The Hall–Kier alpha value is -1.80. The van der Waals surface area contributed by atoms with Crippen molar-refractivity contribution in [1.82, 2.24) is 5.32 Å². The van der Waals surface area contributed by atoms with Crippen LogP contribution in [0.2, 0.25) is 0 Å². The number of likely N-dealkylation sites (N-methyl/N-ethyl adjacent to an activating group) is 1. The Bertz CT molecular complexity index is 1500. The van der Waals surface area contributed by atoms with Crippen LogP contribution in [0.1, 0.15) is 341 Å². The summed E-state index contributed by atoms with van der Waals surface area (Å²) < 4.78 is 23.8. The first-order valence-electron chi connectivity index (χ1n) is 35.2. The zero-order valence-electron chi connectivity index (χ0n) is 54.5. The number of phosphoric acid groups is 1. The van der Waals surface area contributed by atoms with E-state index in [2.05, 4.69) is 67.8 Å². The van der Waals surface area contributed by atoms with Gasteiger partial charge in [-0.15, -0.1) is 0 Å². The van der Waals surface area contributed by atoms with Crippen molar-refractivity contribution in [3.8, 4) is 0 Å². The minimum atomic E-state index is -4.35. The van der Waals surface area contributed by atoms with E-state index in [4.69, 9.17) is 9.05 Å². The van der Waals surface area contributed by atoms with Gasteiger partial charge in [-0.3, -0.25) is 13.8 Å². The Morgan fingerprint density at radius 1 is 0.432 bits per heavy atom. The van der Waals surface area contributed by atoms with E-state index < -0.39 is 20.0 Å². The lowest BCUT2D eigenvalue weighted by molar-refractivity contribution is -0.870. The van der Waals surface area contributed by atoms with Crippen molar-refractivity contribution in [2.24, 2.45) is 0 Å². The lowest BCUT2D eigenvalue weighted by Crippen LogP contribution is -2.45. The summed E-state index contributed by atoms with van der Waals surface area (Å²) in [6.45, 7) is 4.75. The van der Waals surface area contributed by atoms with Gasteiger partial charge in [0.05, 0.1) is 39.9 Å². The van der Waals surface area contributed by atoms with Crippen molar-refractivity contribution in [3.63, 3.8) is 0 Å². The van der Waals surface area contributed by atoms with Gasteiger partial charge in [0.15, 0.2) is 0 Å². The van der Waals surface area contributed by atoms with Crippen LogP contribution in [0.3, 0.4) is 0 Å². The second kappa shape index (κ2) is 62.7. The van der Waals surface area contributed by atoms with E-state index in [-0.39, 0.29) is 19.1 Å². The zero-order chi connectivity index (χ0) is 59.1. The van der Waals surface area contributed by atoms with Gasteiger partial charge in [-0.05, 0) is 57.8 Å². The molecule has 8 nitrogen and oxygen atoms in total. The van der Waals surface area contributed by atoms with Gasteiger partial charge in [0.2, 0.25) is 5.91 Å². The highest BCUT2D eigenvalue weighted by Crippen LogP contribution is 2.43. The maximum absolute atomic E-state index is 13.1. The molecule has 0 spiro atoms. The second-order valence-corrected chi connectivity index (χ2v) is 26.7. The molecule has 3 atom stereocenters. The Morgan fingerprint density at radius 3 is 1.09 bits per heavy atom. The number of phosphoric ester groups is 1. The fourth-order valence-electron chi connectivity index (χ4n) is 10.6. The van der Waals surface area contributed by atoms with Crippen molar-refractivity contribution in [1.29, 1.82) is 0 Å². The van der Waals surface area contributed by atoms with Crippen molar-refractivity contribution < 1.29 is 32.9 Å². The fourth-order valence-corrected chi connectivity index (χ4v) is 11.3. The van der Waals surface area contributed by atoms with E-state index >= 15 is 0 Å². The van der Waals surface area contributed by atoms with Gasteiger partial charge in [0.25, 0.3) is 0 Å². The van der Waals surface area contributed by atoms with Crippen LogP contribution in [0, 0.1) is 0 Å². The third-order valence-corrected chi connectivity index (χ3v) is 17.0. The summed E-state index contributed by atoms with van der Waals surface area (Å²) in [5.74, 6) is -0.170. The SMILES string of the molecule is CC/C=C\C/C=C\C/C=C\C/C=C\CCCCCCCCCCCCCCCCCCCCCCCCCCC(=O)NC(COP(=O)(O)OCC[N+](C)(C)C)C(O)/C=C/CCCCCCCCCCCCCCCCCCCCCC. The van der Waals surface area contributed by atoms with E-state index in [1.165, 1.54) is 257 Å². The molecule has 81 heavy (non-hydrogen) atoms. The van der Waals surface area contributed by atoms with Gasteiger partial charge in [-0.25, -0.2) is 4.57 Å². The Labute approximate surface area is 504 Å². The quantitative estimate of drug-likeness (QED) is 0.0243. The van der Waals surface area contributed by atoms with Gasteiger partial charge in [0, 0.05) is 6.42 Å². The highest BCUT2D eigenvalue weighted by Gasteiger charge is 2.28. The van der Waals surface area contributed by atoms with Crippen LogP contribution in [0.4, 0.5) is 0 Å². The van der Waals surface area contributed by atoms with E-state index in [0.717, 1.165) is 64.2 Å². The minimum absolute atomic E-state index is 0.0629. The number of quaternary nitrogens is 1. The molecule has 0 aromatic rings. The molecule has 0 saturated carbocycles. The number of aliphatic hydroxyl groups is 1. The molecule has 0 rings (SSSR count). The first kappa shape index (κ1) is 79.2. The molecule has 0 aromatic heterocycles. The fraction of sp³-hybridized carbons (Fsp3) is 0.847. The van der Waals surface area contributed by atoms with Gasteiger partial charge in [-0.1, -0.05) is 338 Å². The van der Waals surface area contributed by atoms with Crippen LogP contribution in [0.5, 0.6) is 0 Å². The van der Waals surface area contributed by atoms with Crippen LogP contribution < -0.4 is 5.32 Å². The minimum Gasteiger partial charge on any atom is -0.387 e. The average molecular weight is 1160 g/mol. The molecule has 3 N–H and O–H groups in total. The monoisotopic (exact) mass is 1160 g/mol. The van der Waals surface area contributed by atoms with E-state index in [0.29, 0.717) is 17.4 Å². The summed E-state index contributed by atoms with van der Waals surface area (Å²) in [6, 6.07) is -0.847. The van der Waals surface area contributed by atoms with E-state index in [1.54, 1.807) is 6.08 Å². The van der Waals surface area contributed by atoms with Crippen LogP contribution in [0.15, 0.2) is 60.8 Å². The van der Waals surface area contributed by atoms with Crippen molar-refractivity contribution >= 4 is 13.7 Å². The summed E-state index contributed by atoms with van der Waals surface area (Å²) in [5, 5.41) is 14.0. The standard InChI is InChI=1S/C72H137N2O6P/c1-6-8-10-12-14-16-18-20-22-24-26-28-30-31-32-33-34-35-36-37-38-39-40-41-42-43-44-46-48-50-52-54-56-58-60-62-64-66-72(76)73-70(69-80-81(77,78)79-68-67-74(3,4)5)71(75)65-63-61-59-57-55-53-51-49-47-45-29-27-25-23-21-19-17-15-13-11-9-7-2/h8,10,14,16,20,22,26,28,63,65,70-71,75H,6-7,9,11-13,15,17-19,21,23-25,27,29-62,64,66-69H2,1-5H3,(H-,73,76,77,78)/p+1/b10-8-,16-14-,22-20-,28-26-,65-63+. The average Bonchev–Trinajstić information content (AvgIpc) is 3.43. The smallest absolute Gasteiger partial charge is 0.387 e. The summed E-state index contributed by atoms with van der Waals surface area (Å²) in [6.07, 6.45) is 86.6. The third kappa shape index (κ3) is 65.6. The van der Waals surface area contributed by atoms with Crippen LogP contribution in [-0.4, -0.2) is 73.4 Å². The number of aliphatic hydroxyl groups excluding tert-OH is 1. The first-order valence-corrected chi connectivity index (χ1v) is 36.7. The molecule has 0 bridgehead atoms. The molecule has 0 aliphatic carbocycles. The molecule has 0 aliphatic heterocycles. The number of nitrogens with zero attached hydrogens (tertiary/aromatic N) is 1. The number of allylic oxidation sites excluding steroid dienone is 9. The maximum Gasteiger partial charge on any atom is 0.472 e. The molecule has 476 valence electrons. The van der Waals surface area contributed by atoms with Crippen molar-refractivity contribution in [2.45, 2.75) is 353 Å². The van der Waals surface area contributed by atoms with Crippen molar-refractivity contribution in [2.75, 3.05) is 40.9 Å². The number of carbonyl (C=O) groups excluding carboxylic acids is 1. The molecule has 0 heterocycles. The summed E-state index contributed by atoms with van der Waals surface area (Å²) in [7, 11) is 1.59. The van der Waals surface area contributed by atoms with Gasteiger partial charge in [-0.2, -0.15) is 0 Å².